The Morgan fingerprint density at radius 2 is 1.95 bits per heavy atom. The number of esters is 1. The number of halogens is 1. The van der Waals surface area contributed by atoms with Crippen molar-refractivity contribution in [2.45, 2.75) is 26.8 Å². The molecule has 0 aliphatic rings. The van der Waals surface area contributed by atoms with Crippen molar-refractivity contribution in [1.82, 2.24) is 5.32 Å². The lowest BCUT2D eigenvalue weighted by Gasteiger charge is -2.20. The summed E-state index contributed by atoms with van der Waals surface area (Å²) in [5, 5.41) is 2.50. The van der Waals surface area contributed by atoms with Gasteiger partial charge in [0.15, 0.2) is 0 Å². The van der Waals surface area contributed by atoms with E-state index in [9.17, 15) is 14.0 Å². The minimum atomic E-state index is -0.794. The number of rotatable bonds is 4. The Bertz CT molecular complexity index is 486. The van der Waals surface area contributed by atoms with Gasteiger partial charge in [0.25, 0.3) is 5.91 Å². The number of hydrogen-bond donors (Lipinski definition) is 1. The molecule has 19 heavy (non-hydrogen) atoms. The lowest BCUT2D eigenvalue weighted by Crippen LogP contribution is -2.45. The van der Waals surface area contributed by atoms with E-state index in [1.807, 2.05) is 0 Å². The van der Waals surface area contributed by atoms with Gasteiger partial charge in [-0.15, -0.1) is 0 Å². The molecular formula is C14H18FNO3. The van der Waals surface area contributed by atoms with Gasteiger partial charge in [0, 0.05) is 0 Å². The van der Waals surface area contributed by atoms with Crippen LogP contribution in [0.5, 0.6) is 0 Å². The van der Waals surface area contributed by atoms with E-state index in [2.05, 4.69) is 10.1 Å². The zero-order valence-electron chi connectivity index (χ0n) is 11.5. The van der Waals surface area contributed by atoms with Crippen LogP contribution in [0.25, 0.3) is 0 Å². The highest BCUT2D eigenvalue weighted by atomic mass is 19.1. The number of carbonyl (C=O) groups is 2. The Labute approximate surface area is 112 Å². The summed E-state index contributed by atoms with van der Waals surface area (Å²) in [7, 11) is 1.25. The first-order valence-electron chi connectivity index (χ1n) is 6.02. The fraction of sp³-hybridized carbons (Fsp3) is 0.429. The van der Waals surface area contributed by atoms with E-state index in [1.54, 1.807) is 32.9 Å². The third kappa shape index (κ3) is 3.53. The largest absolute Gasteiger partial charge is 0.467 e. The van der Waals surface area contributed by atoms with E-state index < -0.39 is 23.7 Å². The third-order valence-electron chi connectivity index (χ3n) is 2.84. The van der Waals surface area contributed by atoms with Crippen LogP contribution in [0.3, 0.4) is 0 Å². The molecule has 0 aliphatic heterocycles. The lowest BCUT2D eigenvalue weighted by atomic mass is 10.0. The number of amides is 1. The maximum absolute atomic E-state index is 13.8. The molecule has 1 aromatic carbocycles. The summed E-state index contributed by atoms with van der Waals surface area (Å²) in [6.07, 6.45) is 0. The Morgan fingerprint density at radius 3 is 2.47 bits per heavy atom. The molecule has 0 saturated heterocycles. The first kappa shape index (κ1) is 15.1. The van der Waals surface area contributed by atoms with Crippen LogP contribution >= 0.6 is 0 Å². The van der Waals surface area contributed by atoms with Gasteiger partial charge in [-0.1, -0.05) is 26.0 Å². The number of hydrogen-bond acceptors (Lipinski definition) is 3. The molecule has 5 heteroatoms. The number of benzene rings is 1. The molecule has 4 nitrogen and oxygen atoms in total. The van der Waals surface area contributed by atoms with Gasteiger partial charge >= 0.3 is 5.97 Å². The zero-order valence-corrected chi connectivity index (χ0v) is 11.5. The van der Waals surface area contributed by atoms with E-state index in [1.165, 1.54) is 13.2 Å². The minimum absolute atomic E-state index is 0.0745. The minimum Gasteiger partial charge on any atom is -0.467 e. The highest BCUT2D eigenvalue weighted by Gasteiger charge is 2.26. The quantitative estimate of drug-likeness (QED) is 0.850. The molecule has 0 radical (unpaired) electrons. The zero-order chi connectivity index (χ0) is 14.6. The average molecular weight is 267 g/mol. The summed E-state index contributed by atoms with van der Waals surface area (Å²) >= 11 is 0. The molecule has 0 bridgehead atoms. The number of methoxy groups -OCH3 is 1. The molecule has 1 unspecified atom stereocenters. The first-order valence-corrected chi connectivity index (χ1v) is 6.02. The van der Waals surface area contributed by atoms with Crippen molar-refractivity contribution < 1.29 is 18.7 Å². The summed E-state index contributed by atoms with van der Waals surface area (Å²) in [4.78, 5) is 23.5. The molecule has 1 rings (SSSR count). The SMILES string of the molecule is COC(=O)C(NC(=O)c1cccc(C)c1F)C(C)C. The van der Waals surface area contributed by atoms with Crippen molar-refractivity contribution in [3.05, 3.63) is 35.1 Å². The van der Waals surface area contributed by atoms with Crippen molar-refractivity contribution >= 4 is 11.9 Å². The van der Waals surface area contributed by atoms with E-state index in [-0.39, 0.29) is 11.5 Å². The van der Waals surface area contributed by atoms with Crippen LogP contribution < -0.4 is 5.32 Å². The first-order chi connectivity index (χ1) is 8.88. The van der Waals surface area contributed by atoms with Gasteiger partial charge in [-0.2, -0.15) is 0 Å². The average Bonchev–Trinajstić information content (AvgIpc) is 2.37. The Balaban J connectivity index is 2.94. The van der Waals surface area contributed by atoms with Crippen LogP contribution in [-0.2, 0) is 9.53 Å². The maximum Gasteiger partial charge on any atom is 0.328 e. The van der Waals surface area contributed by atoms with Gasteiger partial charge in [0.2, 0.25) is 0 Å². The molecule has 0 spiro atoms. The van der Waals surface area contributed by atoms with Crippen molar-refractivity contribution in [2.75, 3.05) is 7.11 Å². The number of aryl methyl sites for hydroxylation is 1. The predicted molar refractivity (Wildman–Crippen MR) is 69.2 cm³/mol. The number of nitrogens with one attached hydrogen (secondary N) is 1. The Hall–Kier alpha value is -1.91. The molecule has 1 aromatic rings. The monoisotopic (exact) mass is 267 g/mol. The number of ether oxygens (including phenoxy) is 1. The molecule has 1 atom stereocenters. The van der Waals surface area contributed by atoms with Crippen LogP contribution in [0.1, 0.15) is 29.8 Å². The summed E-state index contributed by atoms with van der Waals surface area (Å²) in [6, 6.07) is 3.76. The van der Waals surface area contributed by atoms with Crippen molar-refractivity contribution in [3.63, 3.8) is 0 Å². The predicted octanol–water partition coefficient (Wildman–Crippen LogP) is 2.06. The van der Waals surface area contributed by atoms with E-state index >= 15 is 0 Å². The Morgan fingerprint density at radius 1 is 1.32 bits per heavy atom. The van der Waals surface area contributed by atoms with Crippen LogP contribution in [0, 0.1) is 18.7 Å². The molecule has 0 heterocycles. The van der Waals surface area contributed by atoms with E-state index in [0.29, 0.717) is 5.56 Å². The topological polar surface area (TPSA) is 55.4 Å². The molecule has 0 saturated carbocycles. The summed E-state index contributed by atoms with van der Waals surface area (Å²) in [6.45, 7) is 5.12. The van der Waals surface area contributed by atoms with Gasteiger partial charge in [-0.3, -0.25) is 4.79 Å². The molecular weight excluding hydrogens is 249 g/mol. The third-order valence-corrected chi connectivity index (χ3v) is 2.84. The fourth-order valence-corrected chi connectivity index (χ4v) is 1.67. The summed E-state index contributed by atoms with van der Waals surface area (Å²) in [5.41, 5.74) is 0.307. The van der Waals surface area contributed by atoms with Crippen molar-refractivity contribution in [2.24, 2.45) is 5.92 Å². The second kappa shape index (κ2) is 6.31. The van der Waals surface area contributed by atoms with E-state index in [4.69, 9.17) is 0 Å². The summed E-state index contributed by atoms with van der Waals surface area (Å²) < 4.78 is 18.4. The number of carbonyl (C=O) groups excluding carboxylic acids is 2. The van der Waals surface area contributed by atoms with Crippen LogP contribution in [0.2, 0.25) is 0 Å². The molecule has 0 aromatic heterocycles. The van der Waals surface area contributed by atoms with Crippen LogP contribution in [-0.4, -0.2) is 25.0 Å². The smallest absolute Gasteiger partial charge is 0.328 e. The van der Waals surface area contributed by atoms with Gasteiger partial charge in [0.05, 0.1) is 12.7 Å². The highest BCUT2D eigenvalue weighted by molar-refractivity contribution is 5.97. The van der Waals surface area contributed by atoms with Crippen molar-refractivity contribution in [3.8, 4) is 0 Å². The molecule has 0 fully saturated rings. The molecule has 1 amide bonds. The molecule has 1 N–H and O–H groups in total. The standard InChI is InChI=1S/C14H18FNO3/c1-8(2)12(14(18)19-4)16-13(17)10-7-5-6-9(3)11(10)15/h5-8,12H,1-4H3,(H,16,17). The van der Waals surface area contributed by atoms with Gasteiger partial charge in [0.1, 0.15) is 11.9 Å². The van der Waals surface area contributed by atoms with E-state index in [0.717, 1.165) is 0 Å². The Kier molecular flexibility index (Phi) is 5.03. The van der Waals surface area contributed by atoms with Crippen LogP contribution in [0.15, 0.2) is 18.2 Å². The highest BCUT2D eigenvalue weighted by Crippen LogP contribution is 2.13. The molecule has 104 valence electrons. The lowest BCUT2D eigenvalue weighted by molar-refractivity contribution is -0.144. The second-order valence-corrected chi connectivity index (χ2v) is 4.65. The summed E-state index contributed by atoms with van der Waals surface area (Å²) in [5.74, 6) is -1.89. The second-order valence-electron chi connectivity index (χ2n) is 4.65. The van der Waals surface area contributed by atoms with Crippen molar-refractivity contribution in [1.29, 1.82) is 0 Å². The maximum atomic E-state index is 13.8. The van der Waals surface area contributed by atoms with Crippen LogP contribution in [0.4, 0.5) is 4.39 Å². The van der Waals surface area contributed by atoms with Gasteiger partial charge in [-0.05, 0) is 24.5 Å². The molecule has 0 aliphatic carbocycles. The normalized spacial score (nSPS) is 12.1. The van der Waals surface area contributed by atoms with Gasteiger partial charge < -0.3 is 10.1 Å². The van der Waals surface area contributed by atoms with Gasteiger partial charge in [-0.25, -0.2) is 9.18 Å². The fourth-order valence-electron chi connectivity index (χ4n) is 1.67.